The van der Waals surface area contributed by atoms with E-state index >= 15 is 0 Å². The van der Waals surface area contributed by atoms with Crippen molar-refractivity contribution in [1.29, 1.82) is 0 Å². The van der Waals surface area contributed by atoms with E-state index in [1.54, 1.807) is 18.2 Å². The molecule has 1 N–H and O–H groups in total. The van der Waals surface area contributed by atoms with E-state index in [9.17, 15) is 4.79 Å². The molecule has 0 spiro atoms. The van der Waals surface area contributed by atoms with Gasteiger partial charge in [0.1, 0.15) is 10.3 Å². The smallest absolute Gasteiger partial charge is 0.274 e. The monoisotopic (exact) mass is 368 g/mol. The number of aryl methyl sites for hydroxylation is 1. The van der Waals surface area contributed by atoms with Crippen LogP contribution in [0.4, 0.5) is 5.69 Å². The van der Waals surface area contributed by atoms with E-state index in [0.717, 1.165) is 15.7 Å². The quantitative estimate of drug-likeness (QED) is 0.807. The Morgan fingerprint density at radius 2 is 2.00 bits per heavy atom. The number of nitrogens with zero attached hydrogens (tertiary/aromatic N) is 1. The lowest BCUT2D eigenvalue weighted by Gasteiger charge is -2.06. The molecule has 0 fully saturated rings. The largest absolute Gasteiger partial charge is 0.321 e. The molecule has 0 unspecified atom stereocenters. The number of carbonyl (C=O) groups is 1. The second-order valence-corrected chi connectivity index (χ2v) is 5.43. The minimum Gasteiger partial charge on any atom is -0.321 e. The summed E-state index contributed by atoms with van der Waals surface area (Å²) in [7, 11) is 0. The first-order valence-corrected chi connectivity index (χ1v) is 6.85. The highest BCUT2D eigenvalue weighted by molar-refractivity contribution is 9.10. The van der Waals surface area contributed by atoms with Crippen LogP contribution in [0.25, 0.3) is 0 Å². The van der Waals surface area contributed by atoms with Crippen molar-refractivity contribution in [3.05, 3.63) is 56.7 Å². The van der Waals surface area contributed by atoms with Gasteiger partial charge in [-0.15, -0.1) is 0 Å². The van der Waals surface area contributed by atoms with Gasteiger partial charge in [0.15, 0.2) is 0 Å². The van der Waals surface area contributed by atoms with Gasteiger partial charge in [-0.25, -0.2) is 4.98 Å². The highest BCUT2D eigenvalue weighted by atomic mass is 79.9. The number of halogens is 2. The number of amides is 1. The second kappa shape index (κ2) is 5.63. The van der Waals surface area contributed by atoms with Gasteiger partial charge in [0, 0.05) is 10.2 Å². The van der Waals surface area contributed by atoms with Crippen molar-refractivity contribution in [2.24, 2.45) is 0 Å². The zero-order chi connectivity index (χ0) is 13.1. The molecule has 5 heteroatoms. The van der Waals surface area contributed by atoms with Crippen molar-refractivity contribution in [3.63, 3.8) is 0 Å². The lowest BCUT2D eigenvalue weighted by Crippen LogP contribution is -2.13. The number of benzene rings is 1. The van der Waals surface area contributed by atoms with Crippen LogP contribution in [0, 0.1) is 6.92 Å². The molecule has 2 rings (SSSR count). The number of nitrogens with one attached hydrogen (secondary N) is 1. The Labute approximate surface area is 122 Å². The molecule has 1 aromatic carbocycles. The van der Waals surface area contributed by atoms with Crippen LogP contribution in [0.5, 0.6) is 0 Å². The lowest BCUT2D eigenvalue weighted by atomic mass is 10.2. The Morgan fingerprint density at radius 1 is 1.22 bits per heavy atom. The maximum absolute atomic E-state index is 12.0. The van der Waals surface area contributed by atoms with Crippen molar-refractivity contribution in [2.75, 3.05) is 5.32 Å². The number of hydrogen-bond acceptors (Lipinski definition) is 2. The van der Waals surface area contributed by atoms with Crippen LogP contribution < -0.4 is 5.32 Å². The van der Waals surface area contributed by atoms with Gasteiger partial charge in [0.25, 0.3) is 5.91 Å². The third kappa shape index (κ3) is 3.17. The van der Waals surface area contributed by atoms with Crippen LogP contribution in [-0.2, 0) is 0 Å². The predicted octanol–water partition coefficient (Wildman–Crippen LogP) is 4.17. The number of aromatic nitrogens is 1. The molecule has 0 saturated heterocycles. The highest BCUT2D eigenvalue weighted by Gasteiger charge is 2.08. The average Bonchev–Trinajstić information content (AvgIpc) is 2.34. The summed E-state index contributed by atoms with van der Waals surface area (Å²) in [4.78, 5) is 16.1. The van der Waals surface area contributed by atoms with Crippen molar-refractivity contribution >= 4 is 43.5 Å². The summed E-state index contributed by atoms with van der Waals surface area (Å²) in [5.41, 5.74) is 2.23. The van der Waals surface area contributed by atoms with E-state index in [4.69, 9.17) is 0 Å². The van der Waals surface area contributed by atoms with Crippen LogP contribution in [0.2, 0.25) is 0 Å². The summed E-state index contributed by atoms with van der Waals surface area (Å²) in [6.45, 7) is 1.99. The first-order chi connectivity index (χ1) is 8.56. The van der Waals surface area contributed by atoms with Gasteiger partial charge in [-0.3, -0.25) is 4.79 Å². The molecular formula is C13H10Br2N2O. The fourth-order valence-corrected chi connectivity index (χ4v) is 2.12. The normalized spacial score (nSPS) is 10.2. The molecule has 0 atom stereocenters. The van der Waals surface area contributed by atoms with Gasteiger partial charge in [-0.05, 0) is 52.7 Å². The molecule has 0 saturated carbocycles. The molecule has 3 nitrogen and oxygen atoms in total. The van der Waals surface area contributed by atoms with E-state index in [1.165, 1.54) is 0 Å². The molecule has 0 aliphatic carbocycles. The fraction of sp³-hybridized carbons (Fsp3) is 0.0769. The lowest BCUT2D eigenvalue weighted by molar-refractivity contribution is 0.102. The third-order valence-electron chi connectivity index (χ3n) is 2.38. The first-order valence-electron chi connectivity index (χ1n) is 5.26. The Balaban J connectivity index is 2.18. The summed E-state index contributed by atoms with van der Waals surface area (Å²) >= 11 is 6.67. The average molecular weight is 370 g/mol. The van der Waals surface area contributed by atoms with E-state index in [0.29, 0.717) is 10.3 Å². The standard InChI is InChI=1S/C13H10Br2N2O/c1-8-5-6-9(7-10(8)14)16-13(18)11-3-2-4-12(15)17-11/h2-7H,1H3,(H,16,18). The molecule has 0 aliphatic rings. The van der Waals surface area contributed by atoms with Crippen LogP contribution in [0.3, 0.4) is 0 Å². The molecule has 0 radical (unpaired) electrons. The van der Waals surface area contributed by atoms with Gasteiger partial charge in [0.05, 0.1) is 0 Å². The van der Waals surface area contributed by atoms with Crippen LogP contribution in [0.1, 0.15) is 16.1 Å². The summed E-state index contributed by atoms with van der Waals surface area (Å²) < 4.78 is 1.60. The van der Waals surface area contributed by atoms with Crippen LogP contribution >= 0.6 is 31.9 Å². The summed E-state index contributed by atoms with van der Waals surface area (Å²) in [6, 6.07) is 10.9. The summed E-state index contributed by atoms with van der Waals surface area (Å²) in [5.74, 6) is -0.230. The number of hydrogen-bond donors (Lipinski definition) is 1. The van der Waals surface area contributed by atoms with Gasteiger partial charge in [-0.1, -0.05) is 28.1 Å². The minimum absolute atomic E-state index is 0.230. The summed E-state index contributed by atoms with van der Waals surface area (Å²) in [6.07, 6.45) is 0. The number of pyridine rings is 1. The third-order valence-corrected chi connectivity index (χ3v) is 3.67. The molecular weight excluding hydrogens is 360 g/mol. The Hall–Kier alpha value is -1.20. The number of rotatable bonds is 2. The topological polar surface area (TPSA) is 42.0 Å². The SMILES string of the molecule is Cc1ccc(NC(=O)c2cccc(Br)n2)cc1Br. The van der Waals surface area contributed by atoms with Crippen molar-refractivity contribution < 1.29 is 4.79 Å². The molecule has 1 aromatic heterocycles. The number of anilines is 1. The van der Waals surface area contributed by atoms with Crippen molar-refractivity contribution in [1.82, 2.24) is 4.98 Å². The minimum atomic E-state index is -0.230. The molecule has 1 amide bonds. The fourth-order valence-electron chi connectivity index (χ4n) is 1.40. The van der Waals surface area contributed by atoms with Crippen molar-refractivity contribution in [3.8, 4) is 0 Å². The summed E-state index contributed by atoms with van der Waals surface area (Å²) in [5, 5.41) is 2.80. The zero-order valence-electron chi connectivity index (χ0n) is 9.58. The Morgan fingerprint density at radius 3 is 2.67 bits per heavy atom. The van der Waals surface area contributed by atoms with Crippen LogP contribution in [-0.4, -0.2) is 10.9 Å². The van der Waals surface area contributed by atoms with E-state index in [1.807, 2.05) is 25.1 Å². The molecule has 2 aromatic rings. The molecule has 0 aliphatic heterocycles. The van der Waals surface area contributed by atoms with E-state index in [-0.39, 0.29) is 5.91 Å². The molecule has 1 heterocycles. The maximum atomic E-state index is 12.0. The van der Waals surface area contributed by atoms with Gasteiger partial charge < -0.3 is 5.32 Å². The number of carbonyl (C=O) groups excluding carboxylic acids is 1. The van der Waals surface area contributed by atoms with E-state index in [2.05, 4.69) is 42.2 Å². The van der Waals surface area contributed by atoms with E-state index < -0.39 is 0 Å². The first kappa shape index (κ1) is 13.2. The molecule has 18 heavy (non-hydrogen) atoms. The zero-order valence-corrected chi connectivity index (χ0v) is 12.7. The second-order valence-electron chi connectivity index (χ2n) is 3.76. The van der Waals surface area contributed by atoms with Gasteiger partial charge in [0.2, 0.25) is 0 Å². The molecule has 0 bridgehead atoms. The molecule has 92 valence electrons. The highest BCUT2D eigenvalue weighted by Crippen LogP contribution is 2.21. The maximum Gasteiger partial charge on any atom is 0.274 e. The predicted molar refractivity (Wildman–Crippen MR) is 78.8 cm³/mol. The van der Waals surface area contributed by atoms with Gasteiger partial charge >= 0.3 is 0 Å². The Kier molecular flexibility index (Phi) is 4.14. The van der Waals surface area contributed by atoms with Crippen molar-refractivity contribution in [2.45, 2.75) is 6.92 Å². The Bertz CT molecular complexity index is 599. The van der Waals surface area contributed by atoms with Gasteiger partial charge in [-0.2, -0.15) is 0 Å². The van der Waals surface area contributed by atoms with Crippen LogP contribution in [0.15, 0.2) is 45.5 Å².